The third kappa shape index (κ3) is 3.00. The smallest absolute Gasteiger partial charge is 0.0991 e. The molecule has 3 rings (SSSR count). The van der Waals surface area contributed by atoms with Gasteiger partial charge in [-0.15, -0.1) is 0 Å². The van der Waals surface area contributed by atoms with Crippen LogP contribution in [0.25, 0.3) is 21.9 Å². The summed E-state index contributed by atoms with van der Waals surface area (Å²) in [6, 6.07) is 22.7. The maximum atomic E-state index is 8.92. The molecule has 0 radical (unpaired) electrons. The van der Waals surface area contributed by atoms with Gasteiger partial charge in [0.05, 0.1) is 11.6 Å². The molecule has 0 aromatic heterocycles. The highest BCUT2D eigenvalue weighted by Gasteiger charge is 2.02. The molecule has 3 aromatic carbocycles. The van der Waals surface area contributed by atoms with Gasteiger partial charge in [0, 0.05) is 6.61 Å². The molecule has 0 spiro atoms. The molecule has 3 aromatic rings. The standard InChI is InChI=1S/C20H17NO/c21-14-16-4-6-17(7-5-16)19-10-9-18-12-15(2-1-11-22)3-8-20(18)13-19/h3-10,12-13,22H,1-2,11H2. The topological polar surface area (TPSA) is 44.0 Å². The van der Waals surface area contributed by atoms with Crippen molar-refractivity contribution in [2.24, 2.45) is 0 Å². The first-order valence-electron chi connectivity index (χ1n) is 7.44. The third-order valence-electron chi connectivity index (χ3n) is 3.88. The molecule has 0 heterocycles. The molecule has 0 unspecified atom stereocenters. The Morgan fingerprint density at radius 3 is 2.23 bits per heavy atom. The molecule has 0 aliphatic carbocycles. The Kier molecular flexibility index (Phi) is 4.18. The summed E-state index contributed by atoms with van der Waals surface area (Å²) >= 11 is 0. The fourth-order valence-corrected chi connectivity index (χ4v) is 2.65. The van der Waals surface area contributed by atoms with Crippen LogP contribution in [-0.4, -0.2) is 11.7 Å². The zero-order chi connectivity index (χ0) is 15.4. The Morgan fingerprint density at radius 2 is 1.50 bits per heavy atom. The van der Waals surface area contributed by atoms with Crippen LogP contribution < -0.4 is 0 Å². The zero-order valence-corrected chi connectivity index (χ0v) is 12.3. The number of nitrogens with zero attached hydrogens (tertiary/aromatic N) is 1. The molecule has 0 fully saturated rings. The van der Waals surface area contributed by atoms with Crippen molar-refractivity contribution < 1.29 is 5.11 Å². The minimum atomic E-state index is 0.232. The van der Waals surface area contributed by atoms with Crippen molar-refractivity contribution in [3.8, 4) is 17.2 Å². The SMILES string of the molecule is N#Cc1ccc(-c2ccc3cc(CCCO)ccc3c2)cc1. The van der Waals surface area contributed by atoms with Gasteiger partial charge in [0.2, 0.25) is 0 Å². The Balaban J connectivity index is 1.94. The van der Waals surface area contributed by atoms with E-state index in [4.69, 9.17) is 10.4 Å². The van der Waals surface area contributed by atoms with E-state index in [1.807, 2.05) is 24.3 Å². The molecule has 0 aliphatic heterocycles. The van der Waals surface area contributed by atoms with Crippen molar-refractivity contribution in [1.29, 1.82) is 5.26 Å². The van der Waals surface area contributed by atoms with Crippen LogP contribution >= 0.6 is 0 Å². The molecule has 0 atom stereocenters. The highest BCUT2D eigenvalue weighted by molar-refractivity contribution is 5.87. The van der Waals surface area contributed by atoms with Crippen molar-refractivity contribution in [3.63, 3.8) is 0 Å². The largest absolute Gasteiger partial charge is 0.396 e. The second-order valence-corrected chi connectivity index (χ2v) is 5.41. The fraction of sp³-hybridized carbons (Fsp3) is 0.150. The Hall–Kier alpha value is -2.63. The van der Waals surface area contributed by atoms with Gasteiger partial charge in [-0.3, -0.25) is 0 Å². The van der Waals surface area contributed by atoms with Crippen molar-refractivity contribution in [2.45, 2.75) is 12.8 Å². The average molecular weight is 287 g/mol. The normalized spacial score (nSPS) is 10.5. The van der Waals surface area contributed by atoms with Gasteiger partial charge in [-0.25, -0.2) is 0 Å². The van der Waals surface area contributed by atoms with Crippen LogP contribution in [-0.2, 0) is 6.42 Å². The van der Waals surface area contributed by atoms with E-state index in [1.165, 1.54) is 16.3 Å². The molecule has 0 bridgehead atoms. The van der Waals surface area contributed by atoms with Crippen molar-refractivity contribution >= 4 is 10.8 Å². The monoisotopic (exact) mass is 287 g/mol. The van der Waals surface area contributed by atoms with Gasteiger partial charge in [-0.1, -0.05) is 42.5 Å². The summed E-state index contributed by atoms with van der Waals surface area (Å²) < 4.78 is 0. The van der Waals surface area contributed by atoms with Gasteiger partial charge in [-0.2, -0.15) is 5.26 Å². The summed E-state index contributed by atoms with van der Waals surface area (Å²) in [5, 5.41) is 20.2. The maximum absolute atomic E-state index is 8.92. The number of nitriles is 1. The van der Waals surface area contributed by atoms with E-state index >= 15 is 0 Å². The highest BCUT2D eigenvalue weighted by Crippen LogP contribution is 2.25. The van der Waals surface area contributed by atoms with E-state index in [1.54, 1.807) is 0 Å². The van der Waals surface area contributed by atoms with Crippen molar-refractivity contribution in [1.82, 2.24) is 0 Å². The number of benzene rings is 3. The lowest BCUT2D eigenvalue weighted by molar-refractivity contribution is 0.288. The lowest BCUT2D eigenvalue weighted by Gasteiger charge is -2.06. The molecule has 0 amide bonds. The van der Waals surface area contributed by atoms with Crippen molar-refractivity contribution in [3.05, 3.63) is 71.8 Å². The van der Waals surface area contributed by atoms with E-state index in [9.17, 15) is 0 Å². The predicted octanol–water partition coefficient (Wildman–Crippen LogP) is 4.30. The van der Waals surface area contributed by atoms with Crippen LogP contribution in [0.1, 0.15) is 17.5 Å². The number of aliphatic hydroxyl groups excluding tert-OH is 1. The van der Waals surface area contributed by atoms with E-state index in [2.05, 4.69) is 42.5 Å². The van der Waals surface area contributed by atoms with Crippen LogP contribution in [0.2, 0.25) is 0 Å². The first kappa shape index (κ1) is 14.3. The molecule has 2 heteroatoms. The summed E-state index contributed by atoms with van der Waals surface area (Å²) in [4.78, 5) is 0. The molecular formula is C20H17NO. The van der Waals surface area contributed by atoms with E-state index in [0.29, 0.717) is 5.56 Å². The van der Waals surface area contributed by atoms with Crippen LogP contribution in [0.3, 0.4) is 0 Å². The van der Waals surface area contributed by atoms with Gasteiger partial charge < -0.3 is 5.11 Å². The zero-order valence-electron chi connectivity index (χ0n) is 12.3. The minimum Gasteiger partial charge on any atom is -0.396 e. The summed E-state index contributed by atoms with van der Waals surface area (Å²) in [5.41, 5.74) is 4.20. The lowest BCUT2D eigenvalue weighted by atomic mass is 9.98. The van der Waals surface area contributed by atoms with Crippen molar-refractivity contribution in [2.75, 3.05) is 6.61 Å². The number of hydrogen-bond donors (Lipinski definition) is 1. The van der Waals surface area contributed by atoms with Gasteiger partial charge in [0.25, 0.3) is 0 Å². The molecule has 0 aliphatic rings. The molecule has 22 heavy (non-hydrogen) atoms. The van der Waals surface area contributed by atoms with Crippen LogP contribution in [0.15, 0.2) is 60.7 Å². The van der Waals surface area contributed by atoms with Gasteiger partial charge >= 0.3 is 0 Å². The summed E-state index contributed by atoms with van der Waals surface area (Å²) in [5.74, 6) is 0. The molecule has 1 N–H and O–H groups in total. The molecular weight excluding hydrogens is 270 g/mol. The molecule has 108 valence electrons. The summed E-state index contributed by atoms with van der Waals surface area (Å²) in [6.07, 6.45) is 1.71. The molecule has 2 nitrogen and oxygen atoms in total. The Bertz CT molecular complexity index is 828. The fourth-order valence-electron chi connectivity index (χ4n) is 2.65. The van der Waals surface area contributed by atoms with Gasteiger partial charge in [-0.05, 0) is 58.5 Å². The third-order valence-corrected chi connectivity index (χ3v) is 3.88. The Morgan fingerprint density at radius 1 is 0.818 bits per heavy atom. The summed E-state index contributed by atoms with van der Waals surface area (Å²) in [7, 11) is 0. The van der Waals surface area contributed by atoms with E-state index < -0.39 is 0 Å². The molecule has 0 saturated heterocycles. The second kappa shape index (κ2) is 6.43. The van der Waals surface area contributed by atoms with Crippen LogP contribution in [0.4, 0.5) is 0 Å². The number of hydrogen-bond acceptors (Lipinski definition) is 2. The number of rotatable bonds is 4. The first-order chi connectivity index (χ1) is 10.8. The number of fused-ring (bicyclic) bond motifs is 1. The second-order valence-electron chi connectivity index (χ2n) is 5.41. The van der Waals surface area contributed by atoms with Gasteiger partial charge in [0.1, 0.15) is 0 Å². The predicted molar refractivity (Wildman–Crippen MR) is 89.5 cm³/mol. The molecule has 0 saturated carbocycles. The minimum absolute atomic E-state index is 0.232. The maximum Gasteiger partial charge on any atom is 0.0991 e. The van der Waals surface area contributed by atoms with Crippen LogP contribution in [0, 0.1) is 11.3 Å². The van der Waals surface area contributed by atoms with E-state index in [-0.39, 0.29) is 6.61 Å². The quantitative estimate of drug-likeness (QED) is 0.777. The highest BCUT2D eigenvalue weighted by atomic mass is 16.2. The Labute approximate surface area is 130 Å². The van der Waals surface area contributed by atoms with Gasteiger partial charge in [0.15, 0.2) is 0 Å². The van der Waals surface area contributed by atoms with Crippen LogP contribution in [0.5, 0.6) is 0 Å². The number of aliphatic hydroxyl groups is 1. The van der Waals surface area contributed by atoms with E-state index in [0.717, 1.165) is 24.0 Å². The average Bonchev–Trinajstić information content (AvgIpc) is 2.59. The number of aryl methyl sites for hydroxylation is 1. The first-order valence-corrected chi connectivity index (χ1v) is 7.44. The summed E-state index contributed by atoms with van der Waals surface area (Å²) in [6.45, 7) is 0.232. The lowest BCUT2D eigenvalue weighted by Crippen LogP contribution is -1.89.